The van der Waals surface area contributed by atoms with Crippen molar-refractivity contribution >= 4 is 49.8 Å². The van der Waals surface area contributed by atoms with Gasteiger partial charge < -0.3 is 9.32 Å². The van der Waals surface area contributed by atoms with Crippen LogP contribution in [0.5, 0.6) is 0 Å². The van der Waals surface area contributed by atoms with Crippen molar-refractivity contribution in [1.29, 1.82) is 0 Å². The van der Waals surface area contributed by atoms with Gasteiger partial charge in [0, 0.05) is 33.3 Å². The predicted octanol–water partition coefficient (Wildman–Crippen LogP) is 17.6. The molecule has 0 N–H and O–H groups in total. The van der Waals surface area contributed by atoms with E-state index in [2.05, 4.69) is 241 Å². The van der Waals surface area contributed by atoms with Gasteiger partial charge in [-0.05, 0) is 114 Å². The Balaban J connectivity index is 0.926. The van der Waals surface area contributed by atoms with Crippen molar-refractivity contribution in [2.75, 3.05) is 4.90 Å². The number of hydrogen-bond donors (Lipinski definition) is 0. The number of furan rings is 1. The third-order valence-electron chi connectivity index (χ3n) is 14.5. The lowest BCUT2D eigenvalue weighted by atomic mass is 9.70. The Morgan fingerprint density at radius 3 is 1.42 bits per heavy atom. The van der Waals surface area contributed by atoms with Crippen molar-refractivity contribution in [1.82, 2.24) is 0 Å². The van der Waals surface area contributed by atoms with Gasteiger partial charge in [0.15, 0.2) is 0 Å². The highest BCUT2D eigenvalue weighted by Crippen LogP contribution is 2.65. The molecule has 0 aliphatic heterocycles. The van der Waals surface area contributed by atoms with Gasteiger partial charge in [0.05, 0.1) is 11.1 Å². The van der Waals surface area contributed by atoms with Gasteiger partial charge in [0.1, 0.15) is 11.2 Å². The van der Waals surface area contributed by atoms with Crippen LogP contribution in [0.3, 0.4) is 0 Å². The normalized spacial score (nSPS) is 12.9. The maximum atomic E-state index is 6.41. The van der Waals surface area contributed by atoms with Crippen molar-refractivity contribution in [3.8, 4) is 55.6 Å². The lowest BCUT2D eigenvalue weighted by molar-refractivity contribution is 0.670. The van der Waals surface area contributed by atoms with Crippen molar-refractivity contribution in [3.63, 3.8) is 0 Å². The van der Waals surface area contributed by atoms with E-state index in [0.29, 0.717) is 0 Å². The molecule has 1 heterocycles. The smallest absolute Gasteiger partial charge is 0.143 e. The fraction of sp³-hybridized carbons (Fsp3) is 0.0154. The fourth-order valence-corrected chi connectivity index (χ4v) is 11.6. The molecule has 2 aliphatic rings. The topological polar surface area (TPSA) is 16.4 Å². The van der Waals surface area contributed by atoms with Crippen molar-refractivity contribution in [2.45, 2.75) is 5.41 Å². The van der Waals surface area contributed by atoms with Gasteiger partial charge in [-0.2, -0.15) is 0 Å². The number of anilines is 3. The fourth-order valence-electron chi connectivity index (χ4n) is 11.6. The SMILES string of the molecule is c1ccc2c(c1)-c1ccccc1C21c2ccccc2-c2cccc(N(c3ccc(-c4ccc(-c5cccc6c5oc5ccccc56)cc4)cc3)c3ccc(-c4cccc5ccccc45)cc3)c21. The van der Waals surface area contributed by atoms with Gasteiger partial charge in [0.25, 0.3) is 0 Å². The molecule has 1 aromatic heterocycles. The quantitative estimate of drug-likeness (QED) is 0.166. The minimum atomic E-state index is -0.509. The van der Waals surface area contributed by atoms with E-state index in [1.165, 1.54) is 66.4 Å². The Labute approximate surface area is 389 Å². The van der Waals surface area contributed by atoms with Crippen LogP contribution >= 0.6 is 0 Å². The second-order valence-corrected chi connectivity index (χ2v) is 17.9. The van der Waals surface area contributed by atoms with E-state index < -0.39 is 5.41 Å². The highest BCUT2D eigenvalue weighted by Gasteiger charge is 2.53. The van der Waals surface area contributed by atoms with Crippen molar-refractivity contribution < 1.29 is 4.42 Å². The molecule has 0 saturated carbocycles. The molecule has 1 spiro atoms. The first-order valence-electron chi connectivity index (χ1n) is 23.2. The number of nitrogens with zero attached hydrogens (tertiary/aromatic N) is 1. The molecule has 2 aliphatic carbocycles. The Morgan fingerprint density at radius 2 is 0.731 bits per heavy atom. The summed E-state index contributed by atoms with van der Waals surface area (Å²) in [6.07, 6.45) is 0. The van der Waals surface area contributed by atoms with Crippen LogP contribution in [0.25, 0.3) is 88.3 Å². The number of para-hydroxylation sites is 2. The molecule has 0 atom stereocenters. The maximum absolute atomic E-state index is 6.41. The van der Waals surface area contributed by atoms with Gasteiger partial charge in [-0.15, -0.1) is 0 Å². The summed E-state index contributed by atoms with van der Waals surface area (Å²) in [5, 5.41) is 4.78. The zero-order valence-electron chi connectivity index (χ0n) is 36.5. The molecule has 0 saturated heterocycles. The lowest BCUT2D eigenvalue weighted by Gasteiger charge is -2.36. The third kappa shape index (κ3) is 5.51. The first-order chi connectivity index (χ1) is 33.2. The molecule has 12 aromatic rings. The van der Waals surface area contributed by atoms with E-state index in [1.54, 1.807) is 0 Å². The molecule has 67 heavy (non-hydrogen) atoms. The zero-order chi connectivity index (χ0) is 44.1. The second-order valence-electron chi connectivity index (χ2n) is 17.9. The van der Waals surface area contributed by atoms with Crippen LogP contribution in [-0.4, -0.2) is 0 Å². The summed E-state index contributed by atoms with van der Waals surface area (Å²) in [5.41, 5.74) is 22.1. The van der Waals surface area contributed by atoms with Crippen molar-refractivity contribution in [3.05, 3.63) is 271 Å². The summed E-state index contributed by atoms with van der Waals surface area (Å²) in [4.78, 5) is 2.49. The monoisotopic (exact) mass is 851 g/mol. The number of hydrogen-bond acceptors (Lipinski definition) is 2. The highest BCUT2D eigenvalue weighted by molar-refractivity contribution is 6.09. The van der Waals surface area contributed by atoms with Gasteiger partial charge in [-0.25, -0.2) is 0 Å². The average molecular weight is 852 g/mol. The first kappa shape index (κ1) is 37.6. The summed E-state index contributed by atoms with van der Waals surface area (Å²) >= 11 is 0. The van der Waals surface area contributed by atoms with E-state index in [9.17, 15) is 0 Å². The molecule has 11 aromatic carbocycles. The number of fused-ring (bicyclic) bond motifs is 14. The van der Waals surface area contributed by atoms with Gasteiger partial charge in [-0.3, -0.25) is 0 Å². The van der Waals surface area contributed by atoms with Crippen LogP contribution in [0, 0.1) is 0 Å². The standard InChI is InChI=1S/C65H41NO/c1-2-16-49-44(14-1)15-11-21-50(49)45-36-40-48(41-37-45)66(47-38-34-43(35-39-47)42-30-32-46(33-31-42)51-22-12-24-57-55-20-6-10-29-62(55)67-64(51)57)61-28-13-23-56-54-19-5-9-27-60(54)65(63(56)61)58-25-7-3-17-52(58)53-18-4-8-26-59(53)65/h1-41H. The van der Waals surface area contributed by atoms with Crippen LogP contribution in [0.4, 0.5) is 17.1 Å². The lowest BCUT2D eigenvalue weighted by Crippen LogP contribution is -2.28. The predicted molar refractivity (Wildman–Crippen MR) is 279 cm³/mol. The summed E-state index contributed by atoms with van der Waals surface area (Å²) in [7, 11) is 0. The molecule has 0 amide bonds. The Bertz CT molecular complexity index is 3840. The number of rotatable bonds is 6. The van der Waals surface area contributed by atoms with Crippen LogP contribution in [0.2, 0.25) is 0 Å². The van der Waals surface area contributed by atoms with E-state index in [1.807, 2.05) is 12.1 Å². The maximum Gasteiger partial charge on any atom is 0.143 e. The summed E-state index contributed by atoms with van der Waals surface area (Å²) in [5.74, 6) is 0. The summed E-state index contributed by atoms with van der Waals surface area (Å²) in [6.45, 7) is 0. The van der Waals surface area contributed by atoms with Gasteiger partial charge in [0.2, 0.25) is 0 Å². The molecule has 14 rings (SSSR count). The van der Waals surface area contributed by atoms with Crippen LogP contribution < -0.4 is 4.90 Å². The molecule has 2 nitrogen and oxygen atoms in total. The van der Waals surface area contributed by atoms with Gasteiger partial charge >= 0.3 is 0 Å². The highest BCUT2D eigenvalue weighted by atomic mass is 16.3. The average Bonchev–Trinajstić information content (AvgIpc) is 4.04. The Morgan fingerprint density at radius 1 is 0.299 bits per heavy atom. The minimum Gasteiger partial charge on any atom is -0.455 e. The van der Waals surface area contributed by atoms with E-state index in [4.69, 9.17) is 4.42 Å². The molecular weight excluding hydrogens is 811 g/mol. The molecule has 0 bridgehead atoms. The van der Waals surface area contributed by atoms with Crippen molar-refractivity contribution in [2.24, 2.45) is 0 Å². The van der Waals surface area contributed by atoms with Crippen LogP contribution in [-0.2, 0) is 5.41 Å². The molecule has 2 heteroatoms. The van der Waals surface area contributed by atoms with E-state index >= 15 is 0 Å². The molecule has 0 unspecified atom stereocenters. The van der Waals surface area contributed by atoms with Crippen LogP contribution in [0.1, 0.15) is 22.3 Å². The Kier molecular flexibility index (Phi) is 8.23. The van der Waals surface area contributed by atoms with E-state index in [-0.39, 0.29) is 0 Å². The molecule has 0 fully saturated rings. The number of benzene rings is 11. The second kappa shape index (κ2) is 14.7. The largest absolute Gasteiger partial charge is 0.455 e. The molecule has 312 valence electrons. The molecule has 0 radical (unpaired) electrons. The molecular formula is C65H41NO. The minimum absolute atomic E-state index is 0.509. The summed E-state index contributed by atoms with van der Waals surface area (Å²) in [6, 6.07) is 91.3. The third-order valence-corrected chi connectivity index (χ3v) is 14.5. The van der Waals surface area contributed by atoms with Crippen LogP contribution in [0.15, 0.2) is 253 Å². The Hall–Kier alpha value is -8.72. The first-order valence-corrected chi connectivity index (χ1v) is 23.2. The zero-order valence-corrected chi connectivity index (χ0v) is 36.5. The summed E-state index contributed by atoms with van der Waals surface area (Å²) < 4.78 is 6.41. The van der Waals surface area contributed by atoms with E-state index in [0.717, 1.165) is 61.3 Å². The van der Waals surface area contributed by atoms with Gasteiger partial charge in [-0.1, -0.05) is 212 Å².